The molecule has 0 spiro atoms. The van der Waals surface area contributed by atoms with Crippen molar-refractivity contribution in [2.24, 2.45) is 5.92 Å². The number of benzene rings is 1. The predicted octanol–water partition coefficient (Wildman–Crippen LogP) is 1.75. The Labute approximate surface area is 174 Å². The highest BCUT2D eigenvalue weighted by atomic mass is 32.2. The number of morpholine rings is 1. The van der Waals surface area contributed by atoms with Gasteiger partial charge in [0.2, 0.25) is 11.0 Å². The van der Waals surface area contributed by atoms with Crippen molar-refractivity contribution in [2.45, 2.75) is 24.7 Å². The van der Waals surface area contributed by atoms with Gasteiger partial charge in [0, 0.05) is 17.8 Å². The number of carbonyl (C=O) groups excluding carboxylic acids is 1. The zero-order valence-electron chi connectivity index (χ0n) is 16.4. The molecule has 1 fully saturated rings. The molecule has 3 rings (SSSR count). The maximum atomic E-state index is 12.2. The number of aromatic nitrogens is 2. The average molecular weight is 423 g/mol. The van der Waals surface area contributed by atoms with E-state index in [2.05, 4.69) is 46.8 Å². The quantitative estimate of drug-likeness (QED) is 0.534. The van der Waals surface area contributed by atoms with Gasteiger partial charge >= 0.3 is 0 Å². The van der Waals surface area contributed by atoms with E-state index in [0.29, 0.717) is 11.7 Å². The van der Waals surface area contributed by atoms with Crippen molar-refractivity contribution in [3.8, 4) is 0 Å². The summed E-state index contributed by atoms with van der Waals surface area (Å²) in [5.41, 5.74) is 2.10. The molecule has 1 saturated heterocycles. The predicted molar refractivity (Wildman–Crippen MR) is 114 cm³/mol. The van der Waals surface area contributed by atoms with E-state index in [-0.39, 0.29) is 5.91 Å². The Bertz CT molecular complexity index is 745. The number of nitrogens with one attached hydrogen (secondary N) is 3. The minimum atomic E-state index is -0.0385. The minimum Gasteiger partial charge on any atom is -0.370 e. The number of amides is 1. The first-order chi connectivity index (χ1) is 13.6. The van der Waals surface area contributed by atoms with Crippen LogP contribution in [0.5, 0.6) is 0 Å². The summed E-state index contributed by atoms with van der Waals surface area (Å²) in [5.74, 6) is 0.828. The molecule has 0 aliphatic carbocycles. The largest absolute Gasteiger partial charge is 0.370 e. The number of thioether (sulfide) groups is 1. The number of ether oxygens (including phenoxy) is 1. The van der Waals surface area contributed by atoms with Crippen LogP contribution in [-0.2, 0) is 16.1 Å². The molecule has 2 heterocycles. The molecular formula is C19H28N5O2S2+. The van der Waals surface area contributed by atoms with E-state index >= 15 is 0 Å². The fourth-order valence-corrected chi connectivity index (χ4v) is 4.35. The third-order valence-electron chi connectivity index (χ3n) is 4.29. The van der Waals surface area contributed by atoms with Crippen molar-refractivity contribution in [3.63, 3.8) is 0 Å². The lowest BCUT2D eigenvalue weighted by atomic mass is 10.2. The summed E-state index contributed by atoms with van der Waals surface area (Å²) < 4.78 is 6.19. The van der Waals surface area contributed by atoms with Crippen molar-refractivity contribution >= 4 is 39.8 Å². The molecule has 2 aromatic rings. The molecular weight excluding hydrogens is 394 g/mol. The summed E-state index contributed by atoms with van der Waals surface area (Å²) in [6.45, 7) is 9.93. The average Bonchev–Trinajstić information content (AvgIpc) is 3.15. The molecule has 7 nitrogen and oxygen atoms in total. The molecule has 9 heteroatoms. The Morgan fingerprint density at radius 2 is 2.00 bits per heavy atom. The maximum absolute atomic E-state index is 12.2. The highest BCUT2D eigenvalue weighted by Gasteiger charge is 2.14. The van der Waals surface area contributed by atoms with Gasteiger partial charge in [-0.15, -0.1) is 10.2 Å². The zero-order valence-corrected chi connectivity index (χ0v) is 18.0. The number of rotatable bonds is 9. The molecule has 0 radical (unpaired) electrons. The van der Waals surface area contributed by atoms with Crippen LogP contribution in [0.4, 0.5) is 10.8 Å². The highest BCUT2D eigenvalue weighted by molar-refractivity contribution is 8.01. The second-order valence-corrected chi connectivity index (χ2v) is 9.42. The molecule has 1 aromatic heterocycles. The summed E-state index contributed by atoms with van der Waals surface area (Å²) in [5, 5.41) is 15.2. The van der Waals surface area contributed by atoms with E-state index in [1.165, 1.54) is 28.7 Å². The van der Waals surface area contributed by atoms with Gasteiger partial charge in [-0.25, -0.2) is 0 Å². The van der Waals surface area contributed by atoms with E-state index in [1.807, 2.05) is 12.1 Å². The number of anilines is 2. The van der Waals surface area contributed by atoms with Gasteiger partial charge in [-0.3, -0.25) is 4.79 Å². The summed E-state index contributed by atoms with van der Waals surface area (Å²) in [4.78, 5) is 13.7. The molecule has 152 valence electrons. The van der Waals surface area contributed by atoms with Crippen LogP contribution in [0.1, 0.15) is 19.4 Å². The Morgan fingerprint density at radius 3 is 2.71 bits per heavy atom. The van der Waals surface area contributed by atoms with E-state index in [9.17, 15) is 4.79 Å². The SMILES string of the molecule is CC(C)CNc1nnc(SCC(=O)Nc2ccc(C[NH+]3CCOCC3)cc2)s1. The van der Waals surface area contributed by atoms with Gasteiger partial charge in [0.1, 0.15) is 19.6 Å². The number of hydrogen-bond acceptors (Lipinski definition) is 7. The lowest BCUT2D eigenvalue weighted by Gasteiger charge is -2.23. The summed E-state index contributed by atoms with van der Waals surface area (Å²) >= 11 is 2.89. The van der Waals surface area contributed by atoms with Crippen molar-refractivity contribution in [1.82, 2.24) is 10.2 Å². The third kappa shape index (κ3) is 7.05. The van der Waals surface area contributed by atoms with Crippen molar-refractivity contribution in [3.05, 3.63) is 29.8 Å². The molecule has 28 heavy (non-hydrogen) atoms. The van der Waals surface area contributed by atoms with Gasteiger partial charge < -0.3 is 20.3 Å². The van der Waals surface area contributed by atoms with Crippen LogP contribution in [0.25, 0.3) is 0 Å². The molecule has 0 atom stereocenters. The van der Waals surface area contributed by atoms with E-state index < -0.39 is 0 Å². The van der Waals surface area contributed by atoms with E-state index in [0.717, 1.165) is 54.6 Å². The van der Waals surface area contributed by atoms with Gasteiger partial charge in [0.25, 0.3) is 0 Å². The van der Waals surface area contributed by atoms with Gasteiger partial charge in [-0.2, -0.15) is 0 Å². The Hall–Kier alpha value is -1.68. The molecule has 0 unspecified atom stereocenters. The molecule has 0 bridgehead atoms. The number of hydrogen-bond donors (Lipinski definition) is 3. The number of nitrogens with zero attached hydrogens (tertiary/aromatic N) is 2. The molecule has 1 aromatic carbocycles. The fourth-order valence-electron chi connectivity index (χ4n) is 2.79. The monoisotopic (exact) mass is 422 g/mol. The van der Waals surface area contributed by atoms with Crippen LogP contribution in [0.15, 0.2) is 28.6 Å². The minimum absolute atomic E-state index is 0.0385. The second-order valence-electron chi connectivity index (χ2n) is 7.22. The maximum Gasteiger partial charge on any atom is 0.234 e. The Morgan fingerprint density at radius 1 is 1.25 bits per heavy atom. The van der Waals surface area contributed by atoms with Crippen LogP contribution in [0.2, 0.25) is 0 Å². The summed E-state index contributed by atoms with van der Waals surface area (Å²) in [6, 6.07) is 8.11. The standard InChI is InChI=1S/C19H27N5O2S2/c1-14(2)11-20-18-22-23-19(28-18)27-13-17(25)21-16-5-3-15(4-6-16)12-24-7-9-26-10-8-24/h3-6,14H,7-13H2,1-2H3,(H,20,22)(H,21,25)/p+1. The van der Waals surface area contributed by atoms with Crippen molar-refractivity contribution in [1.29, 1.82) is 0 Å². The molecule has 1 aliphatic heterocycles. The van der Waals surface area contributed by atoms with Crippen LogP contribution >= 0.6 is 23.1 Å². The smallest absolute Gasteiger partial charge is 0.234 e. The second kappa shape index (κ2) is 10.8. The van der Waals surface area contributed by atoms with Crippen LogP contribution < -0.4 is 15.5 Å². The molecule has 0 saturated carbocycles. The topological polar surface area (TPSA) is 80.6 Å². The Kier molecular flexibility index (Phi) is 8.08. The normalized spacial score (nSPS) is 15.0. The number of carbonyl (C=O) groups is 1. The van der Waals surface area contributed by atoms with Gasteiger partial charge in [0.05, 0.1) is 19.0 Å². The molecule has 1 aliphatic rings. The van der Waals surface area contributed by atoms with Crippen molar-refractivity contribution < 1.29 is 14.4 Å². The first-order valence-corrected chi connectivity index (χ1v) is 11.4. The third-order valence-corrected chi connectivity index (χ3v) is 6.30. The first kappa shape index (κ1) is 21.0. The molecule has 3 N–H and O–H groups in total. The fraction of sp³-hybridized carbons (Fsp3) is 0.526. The highest BCUT2D eigenvalue weighted by Crippen LogP contribution is 2.25. The number of quaternary nitrogens is 1. The van der Waals surface area contributed by atoms with Crippen LogP contribution in [0.3, 0.4) is 0 Å². The van der Waals surface area contributed by atoms with Gasteiger partial charge in [-0.1, -0.05) is 49.1 Å². The van der Waals surface area contributed by atoms with Gasteiger partial charge in [0.15, 0.2) is 4.34 Å². The summed E-state index contributed by atoms with van der Waals surface area (Å²) in [7, 11) is 0. The van der Waals surface area contributed by atoms with E-state index in [1.54, 1.807) is 4.90 Å². The zero-order chi connectivity index (χ0) is 19.8. The molecule has 1 amide bonds. The Balaban J connectivity index is 1.40. The lowest BCUT2D eigenvalue weighted by Crippen LogP contribution is -3.12. The van der Waals surface area contributed by atoms with Crippen LogP contribution in [-0.4, -0.2) is 54.7 Å². The van der Waals surface area contributed by atoms with Crippen LogP contribution in [0, 0.1) is 5.92 Å². The van der Waals surface area contributed by atoms with Crippen molar-refractivity contribution in [2.75, 3.05) is 49.2 Å². The van der Waals surface area contributed by atoms with E-state index in [4.69, 9.17) is 4.74 Å². The lowest BCUT2D eigenvalue weighted by molar-refractivity contribution is -0.921. The first-order valence-electron chi connectivity index (χ1n) is 9.59. The van der Waals surface area contributed by atoms with Gasteiger partial charge in [-0.05, 0) is 18.1 Å². The summed E-state index contributed by atoms with van der Waals surface area (Å²) in [6.07, 6.45) is 0.